The number of hydrogen-bond acceptors (Lipinski definition) is 2. The summed E-state index contributed by atoms with van der Waals surface area (Å²) in [5.74, 6) is 0.601. The lowest BCUT2D eigenvalue weighted by atomic mass is 10.0. The van der Waals surface area contributed by atoms with Crippen molar-refractivity contribution in [2.24, 2.45) is 5.92 Å². The fourth-order valence-corrected chi connectivity index (χ4v) is 0.894. The molecule has 0 unspecified atom stereocenters. The number of nitrogens with one attached hydrogen (secondary N) is 2. The van der Waals surface area contributed by atoms with Crippen LogP contribution in [0.3, 0.4) is 0 Å². The highest BCUT2D eigenvalue weighted by molar-refractivity contribution is 5.25. The summed E-state index contributed by atoms with van der Waals surface area (Å²) < 4.78 is 0. The van der Waals surface area contributed by atoms with Gasteiger partial charge in [0.05, 0.1) is 0 Å². The Morgan fingerprint density at radius 3 is 1.86 bits per heavy atom. The highest BCUT2D eigenvalue weighted by Crippen LogP contribution is 2.12. The zero-order chi connectivity index (χ0) is 11.6. The fourth-order valence-electron chi connectivity index (χ4n) is 0.894. The summed E-state index contributed by atoms with van der Waals surface area (Å²) in [6.45, 7) is 14.4. The number of hydrogen-bond donors (Lipinski definition) is 2. The van der Waals surface area contributed by atoms with Crippen molar-refractivity contribution in [1.82, 2.24) is 10.9 Å². The maximum Gasteiger partial charge on any atom is 0.0286 e. The molecule has 0 bridgehead atoms. The summed E-state index contributed by atoms with van der Waals surface area (Å²) in [4.78, 5) is 0. The van der Waals surface area contributed by atoms with Crippen LogP contribution in [0.1, 0.15) is 48.5 Å². The highest BCUT2D eigenvalue weighted by Gasteiger charge is 2.03. The summed E-state index contributed by atoms with van der Waals surface area (Å²) in [7, 11) is 0. The van der Waals surface area contributed by atoms with Crippen LogP contribution in [-0.2, 0) is 0 Å². The minimum atomic E-state index is 0.601. The van der Waals surface area contributed by atoms with Crippen molar-refractivity contribution in [2.45, 2.75) is 48.5 Å². The van der Waals surface area contributed by atoms with Gasteiger partial charge in [0, 0.05) is 11.9 Å². The molecular weight excluding hydrogens is 172 g/mol. The average molecular weight is 198 g/mol. The van der Waals surface area contributed by atoms with E-state index in [1.54, 1.807) is 0 Å². The van der Waals surface area contributed by atoms with E-state index in [1.807, 2.05) is 40.8 Å². The Bertz CT molecular complexity index is 179. The molecule has 0 aromatic rings. The molecule has 2 N–H and O–H groups in total. The van der Waals surface area contributed by atoms with E-state index in [-0.39, 0.29) is 0 Å². The second kappa shape index (κ2) is 10.2. The molecule has 1 heterocycles. The summed E-state index contributed by atoms with van der Waals surface area (Å²) in [6.07, 6.45) is 4.15. The van der Waals surface area contributed by atoms with Crippen molar-refractivity contribution >= 4 is 0 Å². The molecule has 1 aliphatic heterocycles. The smallest absolute Gasteiger partial charge is 0.0286 e. The number of hydrazine groups is 1. The van der Waals surface area contributed by atoms with E-state index in [0.717, 1.165) is 0 Å². The van der Waals surface area contributed by atoms with Crippen molar-refractivity contribution in [3.8, 4) is 0 Å². The minimum Gasteiger partial charge on any atom is -0.308 e. The summed E-state index contributed by atoms with van der Waals surface area (Å²) in [5, 5.41) is 0. The van der Waals surface area contributed by atoms with Gasteiger partial charge in [-0.15, -0.1) is 0 Å². The van der Waals surface area contributed by atoms with Gasteiger partial charge in [-0.1, -0.05) is 41.5 Å². The van der Waals surface area contributed by atoms with E-state index in [1.165, 1.54) is 11.3 Å². The van der Waals surface area contributed by atoms with Gasteiger partial charge in [0.15, 0.2) is 0 Å². The van der Waals surface area contributed by atoms with Crippen LogP contribution < -0.4 is 10.9 Å². The van der Waals surface area contributed by atoms with Gasteiger partial charge in [-0.2, -0.15) is 0 Å². The molecule has 0 fully saturated rings. The second-order valence-corrected chi connectivity index (χ2v) is 2.90. The van der Waals surface area contributed by atoms with Gasteiger partial charge >= 0.3 is 0 Å². The maximum absolute atomic E-state index is 3.00. The molecule has 0 aliphatic carbocycles. The molecule has 14 heavy (non-hydrogen) atoms. The molecule has 0 aromatic heterocycles. The molecule has 1 rings (SSSR count). The predicted octanol–water partition coefficient (Wildman–Crippen LogP) is 3.59. The molecule has 2 nitrogen and oxygen atoms in total. The summed E-state index contributed by atoms with van der Waals surface area (Å²) in [6, 6.07) is 0. The minimum absolute atomic E-state index is 0.601. The fraction of sp³-hybridized carbons (Fsp3) is 0.667. The van der Waals surface area contributed by atoms with Crippen LogP contribution in [0.5, 0.6) is 0 Å². The number of allylic oxidation sites excluding steroid dienone is 3. The third-order valence-corrected chi connectivity index (χ3v) is 1.56. The van der Waals surface area contributed by atoms with Crippen molar-refractivity contribution in [2.75, 3.05) is 0 Å². The van der Waals surface area contributed by atoms with Crippen LogP contribution >= 0.6 is 0 Å². The molecular formula is C12H26N2. The Kier molecular flexibility index (Phi) is 11.3. The molecule has 0 amide bonds. The first-order valence-corrected chi connectivity index (χ1v) is 5.60. The van der Waals surface area contributed by atoms with Crippen molar-refractivity contribution in [1.29, 1.82) is 0 Å². The van der Waals surface area contributed by atoms with E-state index in [2.05, 4.69) is 30.8 Å². The summed E-state index contributed by atoms with van der Waals surface area (Å²) >= 11 is 0. The van der Waals surface area contributed by atoms with E-state index in [4.69, 9.17) is 0 Å². The lowest BCUT2D eigenvalue weighted by Crippen LogP contribution is -2.28. The molecule has 0 aromatic carbocycles. The molecule has 1 aliphatic rings. The van der Waals surface area contributed by atoms with Gasteiger partial charge in [-0.05, 0) is 24.5 Å². The second-order valence-electron chi connectivity index (χ2n) is 2.90. The van der Waals surface area contributed by atoms with Crippen LogP contribution in [-0.4, -0.2) is 0 Å². The van der Waals surface area contributed by atoms with Gasteiger partial charge < -0.3 is 10.9 Å². The summed E-state index contributed by atoms with van der Waals surface area (Å²) in [5.41, 5.74) is 8.50. The van der Waals surface area contributed by atoms with Crippen LogP contribution in [0.2, 0.25) is 0 Å². The normalized spacial score (nSPS) is 13.1. The molecule has 0 atom stereocenters. The first-order valence-electron chi connectivity index (χ1n) is 5.60. The standard InChI is InChI=1S/C8H14N2.2C2H6/c1-6(2)8-4-7(3)10-9-5-8;2*1-2/h4-6,9-10H,1-3H3;2*1-2H3. The largest absolute Gasteiger partial charge is 0.308 e. The topological polar surface area (TPSA) is 24.1 Å². The Morgan fingerprint density at radius 2 is 1.57 bits per heavy atom. The Morgan fingerprint density at radius 1 is 1.07 bits per heavy atom. The molecule has 0 radical (unpaired) electrons. The van der Waals surface area contributed by atoms with E-state index in [9.17, 15) is 0 Å². The predicted molar refractivity (Wildman–Crippen MR) is 65.6 cm³/mol. The zero-order valence-corrected chi connectivity index (χ0v) is 10.7. The third kappa shape index (κ3) is 6.58. The van der Waals surface area contributed by atoms with Crippen LogP contribution in [0, 0.1) is 5.92 Å². The Hall–Kier alpha value is -0.920. The van der Waals surface area contributed by atoms with Crippen LogP contribution in [0.25, 0.3) is 0 Å². The van der Waals surface area contributed by atoms with Gasteiger partial charge in [0.2, 0.25) is 0 Å². The van der Waals surface area contributed by atoms with E-state index in [0.29, 0.717) is 5.92 Å². The quantitative estimate of drug-likeness (QED) is 0.673. The lowest BCUT2D eigenvalue weighted by Gasteiger charge is -2.16. The first kappa shape index (κ1) is 15.5. The lowest BCUT2D eigenvalue weighted by molar-refractivity contribution is 0.675. The first-order chi connectivity index (χ1) is 6.70. The van der Waals surface area contributed by atoms with E-state index >= 15 is 0 Å². The van der Waals surface area contributed by atoms with Crippen molar-refractivity contribution in [3.63, 3.8) is 0 Å². The maximum atomic E-state index is 3.00. The van der Waals surface area contributed by atoms with Gasteiger partial charge in [0.25, 0.3) is 0 Å². The van der Waals surface area contributed by atoms with Crippen LogP contribution in [0.4, 0.5) is 0 Å². The Labute approximate surface area is 89.5 Å². The number of rotatable bonds is 1. The molecule has 84 valence electrons. The highest BCUT2D eigenvalue weighted by atomic mass is 15.3. The average Bonchev–Trinajstić information content (AvgIpc) is 2.24. The van der Waals surface area contributed by atoms with Gasteiger partial charge in [0.1, 0.15) is 0 Å². The van der Waals surface area contributed by atoms with Crippen LogP contribution in [0.15, 0.2) is 23.5 Å². The molecule has 2 heteroatoms. The van der Waals surface area contributed by atoms with Crippen molar-refractivity contribution in [3.05, 3.63) is 23.5 Å². The molecule has 0 spiro atoms. The van der Waals surface area contributed by atoms with E-state index < -0.39 is 0 Å². The molecule has 0 saturated carbocycles. The van der Waals surface area contributed by atoms with Crippen molar-refractivity contribution < 1.29 is 0 Å². The monoisotopic (exact) mass is 198 g/mol. The third-order valence-electron chi connectivity index (χ3n) is 1.56. The molecule has 0 saturated heterocycles. The van der Waals surface area contributed by atoms with Gasteiger partial charge in [-0.3, -0.25) is 0 Å². The Balaban J connectivity index is 0. The van der Waals surface area contributed by atoms with Gasteiger partial charge in [-0.25, -0.2) is 0 Å². The zero-order valence-electron chi connectivity index (χ0n) is 10.7. The SMILES string of the molecule is CC.CC.CC1=CC(C(C)C)=CNN1.